The Morgan fingerprint density at radius 2 is 0.570 bits per heavy atom. The zero-order chi connectivity index (χ0) is 56.8. The highest BCUT2D eigenvalue weighted by Crippen LogP contribution is 2.43. The number of pyridine rings is 2. The fourth-order valence-corrected chi connectivity index (χ4v) is 13.9. The standard InChI is InChI=1S/C49H31N3.C31H19BrN2/c1-3-16-35(17-4-1)51-45-24-11-8-21-38(45)41-29-33(26-27-47(41)51)32-14-13-15-34(28-32)49-43-31-48-42(30-40(43)37-20-7-10-23-44(37)50-49)39-22-9-12-25-46(39)52(48)36-18-5-2-6-19-36;32-21-10-8-9-20(17-21)31-27-19-30-26(18-25(27)23-13-4-6-15-28(23)33-31)24-14-5-7-16-29(24)34(30)22-11-2-1-3-12-22/h1-31H;1-19H. The minimum absolute atomic E-state index is 0.990. The van der Waals surface area contributed by atoms with Crippen LogP contribution in [0.1, 0.15) is 0 Å². The van der Waals surface area contributed by atoms with Crippen LogP contribution in [0, 0.1) is 0 Å². The van der Waals surface area contributed by atoms with Crippen molar-refractivity contribution in [2.24, 2.45) is 0 Å². The first kappa shape index (κ1) is 49.7. The van der Waals surface area contributed by atoms with Gasteiger partial charge in [0.25, 0.3) is 0 Å². The van der Waals surface area contributed by atoms with Gasteiger partial charge in [-0.1, -0.05) is 198 Å². The molecule has 0 N–H and O–H groups in total. The van der Waals surface area contributed by atoms with E-state index in [4.69, 9.17) is 9.97 Å². The fourth-order valence-electron chi connectivity index (χ4n) is 13.5. The highest BCUT2D eigenvalue weighted by atomic mass is 79.9. The van der Waals surface area contributed by atoms with Crippen LogP contribution in [0.2, 0.25) is 0 Å². The molecule has 18 rings (SSSR count). The molecule has 18 aromatic rings. The number of halogens is 1. The molecule has 0 saturated carbocycles. The number of nitrogens with zero attached hydrogens (tertiary/aromatic N) is 5. The third kappa shape index (κ3) is 8.06. The molecule has 6 heteroatoms. The molecule has 0 atom stereocenters. The molecule has 0 aliphatic rings. The van der Waals surface area contributed by atoms with Crippen LogP contribution in [0.15, 0.2) is 308 Å². The zero-order valence-electron chi connectivity index (χ0n) is 46.5. The van der Waals surface area contributed by atoms with Gasteiger partial charge in [-0.15, -0.1) is 0 Å². The molecule has 0 fully saturated rings. The lowest BCUT2D eigenvalue weighted by Crippen LogP contribution is -1.94. The lowest BCUT2D eigenvalue weighted by molar-refractivity contribution is 1.18. The number of hydrogen-bond acceptors (Lipinski definition) is 2. The summed E-state index contributed by atoms with van der Waals surface area (Å²) in [5.41, 5.74) is 19.2. The highest BCUT2D eigenvalue weighted by Gasteiger charge is 2.21. The van der Waals surface area contributed by atoms with E-state index in [0.29, 0.717) is 0 Å². The van der Waals surface area contributed by atoms with Gasteiger partial charge in [0, 0.05) is 86.5 Å². The molecule has 0 amide bonds. The topological polar surface area (TPSA) is 40.6 Å². The van der Waals surface area contributed by atoms with Crippen LogP contribution < -0.4 is 0 Å². The number of benzene rings is 13. The minimum Gasteiger partial charge on any atom is -0.309 e. The molecule has 0 aliphatic carbocycles. The van der Waals surface area contributed by atoms with Crippen molar-refractivity contribution in [3.8, 4) is 50.7 Å². The van der Waals surface area contributed by atoms with E-state index < -0.39 is 0 Å². The van der Waals surface area contributed by atoms with E-state index in [2.05, 4.69) is 333 Å². The van der Waals surface area contributed by atoms with Gasteiger partial charge in [-0.2, -0.15) is 0 Å². The molecule has 0 aliphatic heterocycles. The molecular weight excluding hydrogens is 1110 g/mol. The molecule has 5 aromatic heterocycles. The Bertz CT molecular complexity index is 5720. The van der Waals surface area contributed by atoms with Crippen LogP contribution in [0.25, 0.3) is 159 Å². The fraction of sp³-hybridized carbons (Fsp3) is 0. The monoisotopic (exact) mass is 1160 g/mol. The molecule has 0 radical (unpaired) electrons. The molecule has 13 aromatic carbocycles. The molecule has 0 unspecified atom stereocenters. The summed E-state index contributed by atoms with van der Waals surface area (Å²) >= 11 is 3.65. The van der Waals surface area contributed by atoms with Crippen LogP contribution in [0.3, 0.4) is 0 Å². The predicted octanol–water partition coefficient (Wildman–Crippen LogP) is 21.8. The largest absolute Gasteiger partial charge is 0.309 e. The number of aromatic nitrogens is 5. The molecule has 0 bridgehead atoms. The summed E-state index contributed by atoms with van der Waals surface area (Å²) in [6.07, 6.45) is 0. The van der Waals surface area contributed by atoms with E-state index in [1.54, 1.807) is 0 Å². The van der Waals surface area contributed by atoms with Crippen LogP contribution in [-0.4, -0.2) is 23.7 Å². The van der Waals surface area contributed by atoms with E-state index in [0.717, 1.165) is 71.2 Å². The second kappa shape index (κ2) is 20.2. The van der Waals surface area contributed by atoms with Crippen molar-refractivity contribution in [3.63, 3.8) is 0 Å². The summed E-state index contributed by atoms with van der Waals surface area (Å²) in [4.78, 5) is 10.5. The quantitative estimate of drug-likeness (QED) is 0.156. The summed E-state index contributed by atoms with van der Waals surface area (Å²) in [6.45, 7) is 0. The van der Waals surface area contributed by atoms with Gasteiger partial charge in [0.2, 0.25) is 0 Å². The summed E-state index contributed by atoms with van der Waals surface area (Å²) in [6, 6.07) is 109. The van der Waals surface area contributed by atoms with E-state index in [9.17, 15) is 0 Å². The van der Waals surface area contributed by atoms with Gasteiger partial charge >= 0.3 is 0 Å². The van der Waals surface area contributed by atoms with Crippen LogP contribution >= 0.6 is 15.9 Å². The molecule has 5 heterocycles. The van der Waals surface area contributed by atoms with Gasteiger partial charge in [-0.25, -0.2) is 9.97 Å². The summed E-state index contributed by atoms with van der Waals surface area (Å²) in [5, 5.41) is 14.6. The number of hydrogen-bond donors (Lipinski definition) is 0. The van der Waals surface area contributed by atoms with Gasteiger partial charge in [-0.05, 0) is 143 Å². The Balaban J connectivity index is 0.000000147. The predicted molar refractivity (Wildman–Crippen MR) is 366 cm³/mol. The zero-order valence-corrected chi connectivity index (χ0v) is 48.1. The summed E-state index contributed by atoms with van der Waals surface area (Å²) in [5.74, 6) is 0. The number of rotatable bonds is 6. The van der Waals surface area contributed by atoms with Crippen molar-refractivity contribution >= 4 is 125 Å². The maximum atomic E-state index is 5.39. The van der Waals surface area contributed by atoms with Crippen LogP contribution in [0.5, 0.6) is 0 Å². The van der Waals surface area contributed by atoms with Gasteiger partial charge in [0.1, 0.15) is 0 Å². The second-order valence-corrected chi connectivity index (χ2v) is 23.1. The van der Waals surface area contributed by atoms with E-state index in [1.165, 1.54) is 92.7 Å². The first-order valence-electron chi connectivity index (χ1n) is 29.2. The van der Waals surface area contributed by atoms with Gasteiger partial charge < -0.3 is 13.7 Å². The van der Waals surface area contributed by atoms with Crippen molar-refractivity contribution in [2.75, 3.05) is 0 Å². The van der Waals surface area contributed by atoms with E-state index in [1.807, 2.05) is 0 Å². The Morgan fingerprint density at radius 3 is 1.05 bits per heavy atom. The smallest absolute Gasteiger partial charge is 0.0789 e. The van der Waals surface area contributed by atoms with Crippen LogP contribution in [-0.2, 0) is 0 Å². The highest BCUT2D eigenvalue weighted by molar-refractivity contribution is 9.10. The molecule has 402 valence electrons. The first-order valence-corrected chi connectivity index (χ1v) is 29.9. The average Bonchev–Trinajstić information content (AvgIpc) is 1.58. The SMILES string of the molecule is Brc1cccc(-c2nc3ccccc3c3cc4c5ccccc5n(-c5ccccc5)c4cc23)c1.c1ccc(-n2c3ccccc3c3cc(-c4cccc(-c5nc6ccccc6c6cc7c8ccccc8n(-c8ccccc8)c7cc56)c4)ccc32)cc1. The molecule has 0 spiro atoms. The van der Waals surface area contributed by atoms with Crippen molar-refractivity contribution < 1.29 is 0 Å². The second-order valence-electron chi connectivity index (χ2n) is 22.2. The van der Waals surface area contributed by atoms with E-state index >= 15 is 0 Å². The minimum atomic E-state index is 0.990. The van der Waals surface area contributed by atoms with E-state index in [-0.39, 0.29) is 0 Å². The van der Waals surface area contributed by atoms with Crippen molar-refractivity contribution in [1.29, 1.82) is 0 Å². The molecule has 0 saturated heterocycles. The third-order valence-corrected chi connectivity index (χ3v) is 17.8. The summed E-state index contributed by atoms with van der Waals surface area (Å²) in [7, 11) is 0. The molecule has 86 heavy (non-hydrogen) atoms. The maximum absolute atomic E-state index is 5.39. The molecule has 5 nitrogen and oxygen atoms in total. The van der Waals surface area contributed by atoms with Crippen LogP contribution in [0.4, 0.5) is 0 Å². The van der Waals surface area contributed by atoms with Crippen molar-refractivity contribution in [3.05, 3.63) is 308 Å². The Hall–Kier alpha value is -10.9. The van der Waals surface area contributed by atoms with Crippen molar-refractivity contribution in [2.45, 2.75) is 0 Å². The Labute approximate surface area is 503 Å². The Kier molecular flexibility index (Phi) is 11.6. The van der Waals surface area contributed by atoms with Gasteiger partial charge in [0.05, 0.1) is 55.5 Å². The average molecular weight is 1160 g/mol. The summed E-state index contributed by atoms with van der Waals surface area (Å²) < 4.78 is 8.17. The number of fused-ring (bicyclic) bond motifs is 15. The lowest BCUT2D eigenvalue weighted by Gasteiger charge is -2.13. The third-order valence-electron chi connectivity index (χ3n) is 17.3. The molecular formula is C80H50BrN5. The van der Waals surface area contributed by atoms with Gasteiger partial charge in [-0.3, -0.25) is 0 Å². The van der Waals surface area contributed by atoms with Crippen molar-refractivity contribution in [1.82, 2.24) is 23.7 Å². The Morgan fingerprint density at radius 1 is 0.209 bits per heavy atom. The number of para-hydroxylation sites is 8. The lowest BCUT2D eigenvalue weighted by atomic mass is 9.95. The normalized spacial score (nSPS) is 11.8. The maximum Gasteiger partial charge on any atom is 0.0789 e. The van der Waals surface area contributed by atoms with Gasteiger partial charge in [0.15, 0.2) is 0 Å². The first-order chi connectivity index (χ1) is 42.6.